The molecule has 0 aromatic carbocycles. The number of aryl methyl sites for hydroxylation is 2. The molecule has 1 aromatic rings. The molecule has 0 bridgehead atoms. The van der Waals surface area contributed by atoms with Gasteiger partial charge in [-0.15, -0.1) is 0 Å². The number of rotatable bonds is 4. The van der Waals surface area contributed by atoms with E-state index in [2.05, 4.69) is 22.0 Å². The number of nitrogens with two attached hydrogens (primary N) is 1. The molecule has 1 saturated carbocycles. The van der Waals surface area contributed by atoms with Gasteiger partial charge in [0.05, 0.1) is 5.69 Å². The summed E-state index contributed by atoms with van der Waals surface area (Å²) >= 11 is 0. The molecule has 1 atom stereocenters. The largest absolute Gasteiger partial charge is 0.370 e. The van der Waals surface area contributed by atoms with Crippen LogP contribution in [-0.2, 0) is 0 Å². The quantitative estimate of drug-likeness (QED) is 0.653. The maximum Gasteiger partial charge on any atom is 0.191 e. The van der Waals surface area contributed by atoms with Crippen LogP contribution in [0.15, 0.2) is 9.52 Å². The number of nitrogens with zero attached hydrogens (tertiary/aromatic N) is 3. The maximum absolute atomic E-state index is 5.97. The predicted octanol–water partition coefficient (Wildman–Crippen LogP) is 1.80. The van der Waals surface area contributed by atoms with Gasteiger partial charge in [0.25, 0.3) is 0 Å². The highest BCUT2D eigenvalue weighted by Crippen LogP contribution is 2.26. The molecule has 5 heteroatoms. The monoisotopic (exact) mass is 250 g/mol. The Bertz CT molecular complexity index is 428. The molecule has 0 saturated heterocycles. The van der Waals surface area contributed by atoms with Crippen molar-refractivity contribution in [3.05, 3.63) is 17.0 Å². The van der Waals surface area contributed by atoms with Gasteiger partial charge in [0.2, 0.25) is 0 Å². The molecule has 1 aliphatic rings. The van der Waals surface area contributed by atoms with Crippen molar-refractivity contribution < 1.29 is 4.52 Å². The van der Waals surface area contributed by atoms with Crippen LogP contribution in [-0.4, -0.2) is 35.7 Å². The van der Waals surface area contributed by atoms with E-state index < -0.39 is 0 Å². The summed E-state index contributed by atoms with van der Waals surface area (Å²) in [6, 6.07) is 0.600. The Kier molecular flexibility index (Phi) is 3.59. The molecule has 1 unspecified atom stereocenters. The van der Waals surface area contributed by atoms with Crippen molar-refractivity contribution >= 4 is 5.96 Å². The van der Waals surface area contributed by atoms with Gasteiger partial charge in [-0.3, -0.25) is 4.99 Å². The van der Waals surface area contributed by atoms with E-state index in [9.17, 15) is 0 Å². The summed E-state index contributed by atoms with van der Waals surface area (Å²) in [5.74, 6) is 1.79. The molecule has 2 N–H and O–H groups in total. The van der Waals surface area contributed by atoms with E-state index in [4.69, 9.17) is 10.3 Å². The first kappa shape index (κ1) is 12.9. The summed E-state index contributed by atoms with van der Waals surface area (Å²) in [6.45, 7) is 6.70. The second-order valence-electron chi connectivity index (χ2n) is 5.18. The lowest BCUT2D eigenvalue weighted by atomic mass is 10.00. The second-order valence-corrected chi connectivity index (χ2v) is 5.18. The van der Waals surface area contributed by atoms with Gasteiger partial charge in [-0.25, -0.2) is 0 Å². The van der Waals surface area contributed by atoms with Gasteiger partial charge in [0, 0.05) is 31.1 Å². The van der Waals surface area contributed by atoms with Crippen molar-refractivity contribution in [2.24, 2.45) is 10.7 Å². The summed E-state index contributed by atoms with van der Waals surface area (Å²) in [5.41, 5.74) is 8.07. The fourth-order valence-corrected chi connectivity index (χ4v) is 2.28. The Balaban J connectivity index is 1.99. The minimum Gasteiger partial charge on any atom is -0.370 e. The third-order valence-corrected chi connectivity index (χ3v) is 3.56. The van der Waals surface area contributed by atoms with Crippen molar-refractivity contribution in [3.8, 4) is 0 Å². The molecule has 0 amide bonds. The minimum absolute atomic E-state index is 0.280. The highest BCUT2D eigenvalue weighted by Gasteiger charge is 2.27. The molecule has 1 aromatic heterocycles. The van der Waals surface area contributed by atoms with E-state index in [1.807, 2.05) is 20.9 Å². The molecule has 5 nitrogen and oxygen atoms in total. The first-order chi connectivity index (χ1) is 8.50. The zero-order valence-corrected chi connectivity index (χ0v) is 11.6. The van der Waals surface area contributed by atoms with Gasteiger partial charge in [-0.1, -0.05) is 12.1 Å². The fourth-order valence-electron chi connectivity index (χ4n) is 2.28. The van der Waals surface area contributed by atoms with Gasteiger partial charge >= 0.3 is 0 Å². The lowest BCUT2D eigenvalue weighted by Crippen LogP contribution is -2.36. The number of hydrogen-bond acceptors (Lipinski definition) is 3. The first-order valence-corrected chi connectivity index (χ1v) is 6.46. The van der Waals surface area contributed by atoms with E-state index in [0.717, 1.165) is 17.0 Å². The van der Waals surface area contributed by atoms with Gasteiger partial charge in [0.15, 0.2) is 5.96 Å². The number of guanidine groups is 1. The van der Waals surface area contributed by atoms with Crippen molar-refractivity contribution in [1.82, 2.24) is 10.1 Å². The van der Waals surface area contributed by atoms with E-state index in [0.29, 0.717) is 18.5 Å². The van der Waals surface area contributed by atoms with Crippen LogP contribution in [0, 0.1) is 13.8 Å². The van der Waals surface area contributed by atoms with E-state index in [1.54, 1.807) is 0 Å². The molecule has 1 aliphatic carbocycles. The van der Waals surface area contributed by atoms with Crippen LogP contribution in [0.2, 0.25) is 0 Å². The Morgan fingerprint density at radius 3 is 2.72 bits per heavy atom. The minimum atomic E-state index is 0.280. The smallest absolute Gasteiger partial charge is 0.191 e. The zero-order chi connectivity index (χ0) is 13.3. The van der Waals surface area contributed by atoms with Crippen molar-refractivity contribution in [2.75, 3.05) is 13.6 Å². The Hall–Kier alpha value is -1.52. The Morgan fingerprint density at radius 2 is 2.22 bits per heavy atom. The topological polar surface area (TPSA) is 67.6 Å². The third-order valence-electron chi connectivity index (χ3n) is 3.56. The standard InChI is InChI=1S/C13H22N4O/c1-8(12-9(2)16-18-10(12)3)7-15-13(14)17(4)11-5-6-11/h8,11H,5-7H2,1-4H3,(H2,14,15). The molecule has 0 aliphatic heterocycles. The van der Waals surface area contributed by atoms with Crippen LogP contribution in [0.1, 0.15) is 42.7 Å². The maximum atomic E-state index is 5.97. The normalized spacial score (nSPS) is 17.9. The molecule has 1 heterocycles. The van der Waals surface area contributed by atoms with Crippen molar-refractivity contribution in [2.45, 2.75) is 45.6 Å². The highest BCUT2D eigenvalue weighted by atomic mass is 16.5. The number of hydrogen-bond donors (Lipinski definition) is 1. The van der Waals surface area contributed by atoms with Gasteiger partial charge in [-0.05, 0) is 26.7 Å². The third kappa shape index (κ3) is 2.66. The van der Waals surface area contributed by atoms with Crippen molar-refractivity contribution in [1.29, 1.82) is 0 Å². The molecule has 1 fully saturated rings. The lowest BCUT2D eigenvalue weighted by Gasteiger charge is -2.17. The average Bonchev–Trinajstić information content (AvgIpc) is 3.12. The average molecular weight is 250 g/mol. The SMILES string of the molecule is Cc1noc(C)c1C(C)CN=C(N)N(C)C1CC1. The van der Waals surface area contributed by atoms with Crippen LogP contribution in [0.5, 0.6) is 0 Å². The van der Waals surface area contributed by atoms with E-state index in [-0.39, 0.29) is 5.92 Å². The zero-order valence-electron chi connectivity index (χ0n) is 11.6. The van der Waals surface area contributed by atoms with E-state index in [1.165, 1.54) is 12.8 Å². The fraction of sp³-hybridized carbons (Fsp3) is 0.692. The molecule has 0 spiro atoms. The summed E-state index contributed by atoms with van der Waals surface area (Å²) in [7, 11) is 2.01. The second kappa shape index (κ2) is 5.00. The van der Waals surface area contributed by atoms with Crippen LogP contribution in [0.25, 0.3) is 0 Å². The summed E-state index contributed by atoms with van der Waals surface area (Å²) in [5, 5.41) is 3.97. The van der Waals surface area contributed by atoms with Crippen LogP contribution in [0.4, 0.5) is 0 Å². The Morgan fingerprint density at radius 1 is 1.56 bits per heavy atom. The molecule has 2 rings (SSSR count). The van der Waals surface area contributed by atoms with Crippen LogP contribution in [0.3, 0.4) is 0 Å². The van der Waals surface area contributed by atoms with Gasteiger partial charge in [0.1, 0.15) is 5.76 Å². The lowest BCUT2D eigenvalue weighted by molar-refractivity contribution is 0.391. The van der Waals surface area contributed by atoms with Crippen LogP contribution < -0.4 is 5.73 Å². The molecule has 18 heavy (non-hydrogen) atoms. The number of aliphatic imine (C=N–C) groups is 1. The molecule has 100 valence electrons. The number of aromatic nitrogens is 1. The van der Waals surface area contributed by atoms with E-state index >= 15 is 0 Å². The first-order valence-electron chi connectivity index (χ1n) is 6.46. The molecular weight excluding hydrogens is 228 g/mol. The Labute approximate surface area is 108 Å². The highest BCUT2D eigenvalue weighted by molar-refractivity contribution is 5.78. The van der Waals surface area contributed by atoms with Crippen LogP contribution >= 0.6 is 0 Å². The van der Waals surface area contributed by atoms with Crippen molar-refractivity contribution in [3.63, 3.8) is 0 Å². The summed E-state index contributed by atoms with van der Waals surface area (Å²) < 4.78 is 5.18. The van der Waals surface area contributed by atoms with Gasteiger partial charge in [-0.2, -0.15) is 0 Å². The molecular formula is C13H22N4O. The van der Waals surface area contributed by atoms with Gasteiger partial charge < -0.3 is 15.2 Å². The molecule has 0 radical (unpaired) electrons. The summed E-state index contributed by atoms with van der Waals surface area (Å²) in [4.78, 5) is 6.54. The predicted molar refractivity (Wildman–Crippen MR) is 71.7 cm³/mol. The summed E-state index contributed by atoms with van der Waals surface area (Å²) in [6.07, 6.45) is 2.46.